The number of nitrogens with one attached hydrogen (secondary N) is 2. The molecule has 1 heterocycles. The van der Waals surface area contributed by atoms with Gasteiger partial charge in [-0.05, 0) is 36.8 Å². The zero-order chi connectivity index (χ0) is 14.5. The largest absolute Gasteiger partial charge is 0.377 e. The fourth-order valence-electron chi connectivity index (χ4n) is 1.88. The van der Waals surface area contributed by atoms with Crippen molar-refractivity contribution in [2.75, 3.05) is 10.6 Å². The van der Waals surface area contributed by atoms with E-state index in [1.165, 1.54) is 6.92 Å². The van der Waals surface area contributed by atoms with Crippen molar-refractivity contribution in [3.63, 3.8) is 0 Å². The van der Waals surface area contributed by atoms with Crippen molar-refractivity contribution in [1.29, 1.82) is 0 Å². The quantitative estimate of drug-likeness (QED) is 0.840. The average Bonchev–Trinajstić information content (AvgIpc) is 2.41. The van der Waals surface area contributed by atoms with Crippen LogP contribution in [-0.2, 0) is 4.79 Å². The summed E-state index contributed by atoms with van der Waals surface area (Å²) in [6.07, 6.45) is 1.69. The highest BCUT2D eigenvalue weighted by molar-refractivity contribution is 6.29. The highest BCUT2D eigenvalue weighted by atomic mass is 35.5. The molecule has 0 aliphatic carbocycles. The van der Waals surface area contributed by atoms with E-state index >= 15 is 0 Å². The number of halogens is 1. The molecule has 4 nitrogen and oxygen atoms in total. The van der Waals surface area contributed by atoms with E-state index < -0.39 is 0 Å². The summed E-state index contributed by atoms with van der Waals surface area (Å²) in [5.74, 6) is -0.0790. The molecule has 0 bridgehead atoms. The SMILES string of the molecule is CC(=O)Nc1cccc(C(C)Nc2ccc(Cl)nc2)c1. The molecule has 1 aromatic carbocycles. The Hall–Kier alpha value is -2.07. The summed E-state index contributed by atoms with van der Waals surface area (Å²) in [6.45, 7) is 3.54. The van der Waals surface area contributed by atoms with E-state index in [0.717, 1.165) is 16.9 Å². The van der Waals surface area contributed by atoms with E-state index in [2.05, 4.69) is 15.6 Å². The number of carbonyl (C=O) groups is 1. The third-order valence-corrected chi connectivity index (χ3v) is 3.04. The molecular formula is C15H16ClN3O. The summed E-state index contributed by atoms with van der Waals surface area (Å²) < 4.78 is 0. The van der Waals surface area contributed by atoms with Crippen LogP contribution in [0, 0.1) is 0 Å². The van der Waals surface area contributed by atoms with Gasteiger partial charge in [-0.25, -0.2) is 4.98 Å². The molecule has 0 fully saturated rings. The van der Waals surface area contributed by atoms with Gasteiger partial charge < -0.3 is 10.6 Å². The van der Waals surface area contributed by atoms with Crippen molar-refractivity contribution >= 4 is 28.9 Å². The van der Waals surface area contributed by atoms with Gasteiger partial charge in [0.25, 0.3) is 0 Å². The maximum absolute atomic E-state index is 11.1. The van der Waals surface area contributed by atoms with Gasteiger partial charge in [-0.1, -0.05) is 23.7 Å². The maximum atomic E-state index is 11.1. The molecule has 104 valence electrons. The molecule has 1 atom stereocenters. The lowest BCUT2D eigenvalue weighted by atomic mass is 10.1. The van der Waals surface area contributed by atoms with E-state index in [0.29, 0.717) is 5.15 Å². The van der Waals surface area contributed by atoms with Crippen LogP contribution in [0.2, 0.25) is 5.15 Å². The topological polar surface area (TPSA) is 54.0 Å². The van der Waals surface area contributed by atoms with E-state index in [1.54, 1.807) is 12.3 Å². The number of aromatic nitrogens is 1. The molecule has 0 saturated carbocycles. The number of rotatable bonds is 4. The van der Waals surface area contributed by atoms with Crippen LogP contribution in [0.3, 0.4) is 0 Å². The fourth-order valence-corrected chi connectivity index (χ4v) is 2.00. The molecule has 20 heavy (non-hydrogen) atoms. The second-order valence-electron chi connectivity index (χ2n) is 4.54. The molecule has 1 unspecified atom stereocenters. The average molecular weight is 290 g/mol. The fraction of sp³-hybridized carbons (Fsp3) is 0.200. The first-order valence-corrected chi connectivity index (χ1v) is 6.68. The zero-order valence-corrected chi connectivity index (χ0v) is 12.1. The lowest BCUT2D eigenvalue weighted by Gasteiger charge is -2.16. The Balaban J connectivity index is 2.10. The Kier molecular flexibility index (Phi) is 4.58. The van der Waals surface area contributed by atoms with Crippen LogP contribution in [0.25, 0.3) is 0 Å². The molecule has 0 radical (unpaired) electrons. The number of hydrogen-bond donors (Lipinski definition) is 2. The minimum Gasteiger partial charge on any atom is -0.377 e. The van der Waals surface area contributed by atoms with Gasteiger partial charge in [0.1, 0.15) is 5.15 Å². The number of hydrogen-bond acceptors (Lipinski definition) is 3. The minimum atomic E-state index is -0.0790. The van der Waals surface area contributed by atoms with Crippen molar-refractivity contribution in [2.45, 2.75) is 19.9 Å². The lowest BCUT2D eigenvalue weighted by Crippen LogP contribution is -2.09. The van der Waals surface area contributed by atoms with Gasteiger partial charge in [0.15, 0.2) is 0 Å². The smallest absolute Gasteiger partial charge is 0.221 e. The molecule has 1 amide bonds. The summed E-state index contributed by atoms with van der Waals surface area (Å²) in [4.78, 5) is 15.1. The Morgan fingerprint density at radius 2 is 2.05 bits per heavy atom. The molecule has 1 aromatic heterocycles. The highest BCUT2D eigenvalue weighted by Gasteiger charge is 2.07. The Labute approximate surface area is 123 Å². The number of benzene rings is 1. The predicted molar refractivity (Wildman–Crippen MR) is 82.0 cm³/mol. The van der Waals surface area contributed by atoms with Crippen molar-refractivity contribution < 1.29 is 4.79 Å². The summed E-state index contributed by atoms with van der Waals surface area (Å²) in [6, 6.07) is 11.4. The number of amides is 1. The van der Waals surface area contributed by atoms with Gasteiger partial charge in [-0.15, -0.1) is 0 Å². The van der Waals surface area contributed by atoms with Gasteiger partial charge in [0.2, 0.25) is 5.91 Å². The molecule has 2 N–H and O–H groups in total. The first kappa shape index (κ1) is 14.3. The van der Waals surface area contributed by atoms with Crippen LogP contribution in [0.1, 0.15) is 25.5 Å². The number of nitrogens with zero attached hydrogens (tertiary/aromatic N) is 1. The van der Waals surface area contributed by atoms with Gasteiger partial charge in [-0.2, -0.15) is 0 Å². The second-order valence-corrected chi connectivity index (χ2v) is 4.93. The van der Waals surface area contributed by atoms with Crippen LogP contribution < -0.4 is 10.6 Å². The molecule has 2 aromatic rings. The Morgan fingerprint density at radius 3 is 2.70 bits per heavy atom. The molecule has 0 spiro atoms. The van der Waals surface area contributed by atoms with Gasteiger partial charge in [-0.3, -0.25) is 4.79 Å². The van der Waals surface area contributed by atoms with E-state index in [4.69, 9.17) is 11.6 Å². The predicted octanol–water partition coefficient (Wildman–Crippen LogP) is 3.87. The minimum absolute atomic E-state index is 0.0790. The molecule has 0 aliphatic heterocycles. The standard InChI is InChI=1S/C15H16ClN3O/c1-10(18-14-6-7-15(16)17-9-14)12-4-3-5-13(8-12)19-11(2)20/h3-10,18H,1-2H3,(H,19,20). The molecule has 0 aliphatic rings. The monoisotopic (exact) mass is 289 g/mol. The third kappa shape index (κ3) is 3.96. The van der Waals surface area contributed by atoms with Crippen LogP contribution in [0.4, 0.5) is 11.4 Å². The van der Waals surface area contributed by atoms with Gasteiger partial charge in [0.05, 0.1) is 11.9 Å². The summed E-state index contributed by atoms with van der Waals surface area (Å²) in [5.41, 5.74) is 2.76. The van der Waals surface area contributed by atoms with Crippen LogP contribution >= 0.6 is 11.6 Å². The summed E-state index contributed by atoms with van der Waals surface area (Å²) in [5, 5.41) is 6.58. The first-order chi connectivity index (χ1) is 9.54. The third-order valence-electron chi connectivity index (χ3n) is 2.82. The Morgan fingerprint density at radius 1 is 1.25 bits per heavy atom. The van der Waals surface area contributed by atoms with E-state index in [1.807, 2.05) is 37.3 Å². The van der Waals surface area contributed by atoms with Gasteiger partial charge >= 0.3 is 0 Å². The normalized spacial score (nSPS) is 11.8. The van der Waals surface area contributed by atoms with Crippen molar-refractivity contribution in [1.82, 2.24) is 4.98 Å². The first-order valence-electron chi connectivity index (χ1n) is 6.30. The molecule has 0 saturated heterocycles. The molecule has 5 heteroatoms. The van der Waals surface area contributed by atoms with Gasteiger partial charge in [0, 0.05) is 18.7 Å². The van der Waals surface area contributed by atoms with Crippen LogP contribution in [0.15, 0.2) is 42.6 Å². The van der Waals surface area contributed by atoms with Crippen molar-refractivity contribution in [3.8, 4) is 0 Å². The summed E-state index contributed by atoms with van der Waals surface area (Å²) >= 11 is 5.76. The van der Waals surface area contributed by atoms with Crippen molar-refractivity contribution in [3.05, 3.63) is 53.3 Å². The van der Waals surface area contributed by atoms with Crippen molar-refractivity contribution in [2.24, 2.45) is 0 Å². The zero-order valence-electron chi connectivity index (χ0n) is 11.4. The van der Waals surface area contributed by atoms with Crippen LogP contribution in [0.5, 0.6) is 0 Å². The van der Waals surface area contributed by atoms with E-state index in [-0.39, 0.29) is 11.9 Å². The van der Waals surface area contributed by atoms with Crippen LogP contribution in [-0.4, -0.2) is 10.9 Å². The maximum Gasteiger partial charge on any atom is 0.221 e. The Bertz CT molecular complexity index is 598. The summed E-state index contributed by atoms with van der Waals surface area (Å²) in [7, 11) is 0. The second kappa shape index (κ2) is 6.39. The molecular weight excluding hydrogens is 274 g/mol. The van der Waals surface area contributed by atoms with E-state index in [9.17, 15) is 4.79 Å². The lowest BCUT2D eigenvalue weighted by molar-refractivity contribution is -0.114. The highest BCUT2D eigenvalue weighted by Crippen LogP contribution is 2.22. The molecule has 2 rings (SSSR count). The number of anilines is 2. The number of pyridine rings is 1. The number of carbonyl (C=O) groups excluding carboxylic acids is 1.